The molecule has 0 saturated carbocycles. The third-order valence-electron chi connectivity index (χ3n) is 4.64. The SMILES string of the molecule is CCN(CC)c1ccc(NC(=O)c2ccnc(NCCC(C)C)c2)c(C)c1. The highest BCUT2D eigenvalue weighted by atomic mass is 16.1. The van der Waals surface area contributed by atoms with Crippen LogP contribution in [0.4, 0.5) is 17.2 Å². The summed E-state index contributed by atoms with van der Waals surface area (Å²) in [6.07, 6.45) is 2.74. The first-order valence-electron chi connectivity index (χ1n) is 9.81. The number of nitrogens with one attached hydrogen (secondary N) is 2. The molecular weight excluding hydrogens is 336 g/mol. The van der Waals surface area contributed by atoms with E-state index in [1.807, 2.05) is 13.0 Å². The van der Waals surface area contributed by atoms with Crippen LogP contribution in [0.5, 0.6) is 0 Å². The van der Waals surface area contributed by atoms with E-state index in [9.17, 15) is 4.79 Å². The summed E-state index contributed by atoms with van der Waals surface area (Å²) in [4.78, 5) is 19.2. The average Bonchev–Trinajstić information content (AvgIpc) is 2.64. The van der Waals surface area contributed by atoms with Crippen LogP contribution in [0.25, 0.3) is 0 Å². The first kappa shape index (κ1) is 20.7. The largest absolute Gasteiger partial charge is 0.372 e. The van der Waals surface area contributed by atoms with Gasteiger partial charge >= 0.3 is 0 Å². The molecule has 146 valence electrons. The second-order valence-corrected chi connectivity index (χ2v) is 7.16. The van der Waals surface area contributed by atoms with Crippen molar-refractivity contribution in [2.75, 3.05) is 35.2 Å². The lowest BCUT2D eigenvalue weighted by atomic mass is 10.1. The van der Waals surface area contributed by atoms with Gasteiger partial charge in [0.15, 0.2) is 0 Å². The molecule has 0 spiro atoms. The molecule has 2 rings (SSSR count). The Labute approximate surface area is 163 Å². The Bertz CT molecular complexity index is 754. The molecule has 2 aromatic rings. The van der Waals surface area contributed by atoms with Crippen LogP contribution in [0, 0.1) is 12.8 Å². The van der Waals surface area contributed by atoms with Gasteiger partial charge in [-0.15, -0.1) is 0 Å². The Balaban J connectivity index is 2.06. The number of aryl methyl sites for hydroxylation is 1. The van der Waals surface area contributed by atoms with Crippen LogP contribution in [-0.2, 0) is 0 Å². The van der Waals surface area contributed by atoms with Crippen LogP contribution in [0.15, 0.2) is 36.5 Å². The minimum Gasteiger partial charge on any atom is -0.372 e. The number of hydrogen-bond acceptors (Lipinski definition) is 4. The minimum atomic E-state index is -0.122. The number of pyridine rings is 1. The zero-order valence-corrected chi connectivity index (χ0v) is 17.2. The summed E-state index contributed by atoms with van der Waals surface area (Å²) in [5.74, 6) is 1.24. The summed E-state index contributed by atoms with van der Waals surface area (Å²) < 4.78 is 0. The molecule has 0 aliphatic carbocycles. The Kier molecular flexibility index (Phi) is 7.65. The molecule has 0 atom stereocenters. The molecule has 0 aliphatic heterocycles. The zero-order valence-electron chi connectivity index (χ0n) is 17.2. The molecule has 0 unspecified atom stereocenters. The molecule has 5 heteroatoms. The molecule has 0 bridgehead atoms. The number of carbonyl (C=O) groups excluding carboxylic acids is 1. The molecule has 0 aliphatic rings. The summed E-state index contributed by atoms with van der Waals surface area (Å²) >= 11 is 0. The van der Waals surface area contributed by atoms with Crippen molar-refractivity contribution < 1.29 is 4.79 Å². The first-order chi connectivity index (χ1) is 12.9. The van der Waals surface area contributed by atoms with Crippen molar-refractivity contribution in [3.63, 3.8) is 0 Å². The third-order valence-corrected chi connectivity index (χ3v) is 4.64. The van der Waals surface area contributed by atoms with Crippen LogP contribution < -0.4 is 15.5 Å². The highest BCUT2D eigenvalue weighted by molar-refractivity contribution is 6.05. The Morgan fingerprint density at radius 3 is 2.52 bits per heavy atom. The highest BCUT2D eigenvalue weighted by Crippen LogP contribution is 2.23. The summed E-state index contributed by atoms with van der Waals surface area (Å²) in [6, 6.07) is 9.69. The van der Waals surface area contributed by atoms with Crippen LogP contribution in [0.2, 0.25) is 0 Å². The van der Waals surface area contributed by atoms with Crippen LogP contribution in [0.3, 0.4) is 0 Å². The van der Waals surface area contributed by atoms with E-state index in [1.165, 1.54) is 5.69 Å². The fourth-order valence-electron chi connectivity index (χ4n) is 2.93. The quantitative estimate of drug-likeness (QED) is 0.658. The van der Waals surface area contributed by atoms with E-state index in [1.54, 1.807) is 18.3 Å². The molecule has 1 aromatic heterocycles. The maximum atomic E-state index is 12.7. The van der Waals surface area contributed by atoms with E-state index in [4.69, 9.17) is 0 Å². The van der Waals surface area contributed by atoms with Gasteiger partial charge in [0, 0.05) is 42.8 Å². The molecular formula is C22H32N4O. The monoisotopic (exact) mass is 368 g/mol. The number of nitrogens with zero attached hydrogens (tertiary/aromatic N) is 2. The van der Waals surface area contributed by atoms with Crippen molar-refractivity contribution in [1.82, 2.24) is 4.98 Å². The lowest BCUT2D eigenvalue weighted by Gasteiger charge is -2.22. The van der Waals surface area contributed by atoms with Crippen molar-refractivity contribution in [3.8, 4) is 0 Å². The second-order valence-electron chi connectivity index (χ2n) is 7.16. The maximum absolute atomic E-state index is 12.7. The molecule has 1 heterocycles. The van der Waals surface area contributed by atoms with Crippen LogP contribution in [0.1, 0.15) is 50.0 Å². The summed E-state index contributed by atoms with van der Waals surface area (Å²) in [7, 11) is 0. The van der Waals surface area contributed by atoms with Gasteiger partial charge in [-0.05, 0) is 69.0 Å². The topological polar surface area (TPSA) is 57.3 Å². The maximum Gasteiger partial charge on any atom is 0.255 e. The summed E-state index contributed by atoms with van der Waals surface area (Å²) in [5, 5.41) is 6.30. The van der Waals surface area contributed by atoms with E-state index >= 15 is 0 Å². The van der Waals surface area contributed by atoms with Crippen molar-refractivity contribution in [3.05, 3.63) is 47.7 Å². The van der Waals surface area contributed by atoms with Gasteiger partial charge in [-0.2, -0.15) is 0 Å². The van der Waals surface area contributed by atoms with Gasteiger partial charge in [0.1, 0.15) is 5.82 Å². The number of amides is 1. The highest BCUT2D eigenvalue weighted by Gasteiger charge is 2.11. The average molecular weight is 369 g/mol. The van der Waals surface area contributed by atoms with Crippen molar-refractivity contribution in [1.29, 1.82) is 0 Å². The normalized spacial score (nSPS) is 10.7. The van der Waals surface area contributed by atoms with Gasteiger partial charge in [0.25, 0.3) is 5.91 Å². The molecule has 5 nitrogen and oxygen atoms in total. The predicted octanol–water partition coefficient (Wildman–Crippen LogP) is 4.95. The van der Waals surface area contributed by atoms with Gasteiger partial charge < -0.3 is 15.5 Å². The number of benzene rings is 1. The zero-order chi connectivity index (χ0) is 19.8. The molecule has 2 N–H and O–H groups in total. The molecule has 0 fully saturated rings. The number of hydrogen-bond donors (Lipinski definition) is 2. The molecule has 1 aromatic carbocycles. The molecule has 0 saturated heterocycles. The van der Waals surface area contributed by atoms with Crippen molar-refractivity contribution >= 4 is 23.1 Å². The van der Waals surface area contributed by atoms with E-state index in [0.717, 1.165) is 43.1 Å². The third kappa shape index (κ3) is 5.98. The number of carbonyl (C=O) groups is 1. The Morgan fingerprint density at radius 1 is 1.15 bits per heavy atom. The van der Waals surface area contributed by atoms with E-state index in [0.29, 0.717) is 11.5 Å². The minimum absolute atomic E-state index is 0.122. The summed E-state index contributed by atoms with van der Waals surface area (Å²) in [5.41, 5.74) is 3.67. The Morgan fingerprint density at radius 2 is 1.89 bits per heavy atom. The molecule has 1 amide bonds. The van der Waals surface area contributed by atoms with Gasteiger partial charge in [-0.1, -0.05) is 13.8 Å². The van der Waals surface area contributed by atoms with Crippen molar-refractivity contribution in [2.24, 2.45) is 5.92 Å². The number of aromatic nitrogens is 1. The van der Waals surface area contributed by atoms with E-state index < -0.39 is 0 Å². The molecule has 27 heavy (non-hydrogen) atoms. The fraction of sp³-hybridized carbons (Fsp3) is 0.455. The lowest BCUT2D eigenvalue weighted by molar-refractivity contribution is 0.102. The van der Waals surface area contributed by atoms with Crippen molar-refractivity contribution in [2.45, 2.75) is 41.0 Å². The van der Waals surface area contributed by atoms with E-state index in [2.05, 4.69) is 60.3 Å². The van der Waals surface area contributed by atoms with Gasteiger partial charge in [-0.3, -0.25) is 4.79 Å². The van der Waals surface area contributed by atoms with Gasteiger partial charge in [0.05, 0.1) is 0 Å². The second kappa shape index (κ2) is 9.95. The predicted molar refractivity (Wildman–Crippen MR) is 115 cm³/mol. The lowest BCUT2D eigenvalue weighted by Crippen LogP contribution is -2.22. The van der Waals surface area contributed by atoms with Crippen LogP contribution in [-0.4, -0.2) is 30.5 Å². The number of rotatable bonds is 9. The van der Waals surface area contributed by atoms with Gasteiger partial charge in [-0.25, -0.2) is 4.98 Å². The standard InChI is InChI=1S/C22H32N4O/c1-6-26(7-2)19-8-9-20(17(5)14-19)25-22(27)18-11-13-24-21(15-18)23-12-10-16(3)4/h8-9,11,13-16H,6-7,10,12H2,1-5H3,(H,23,24)(H,25,27). The van der Waals surface area contributed by atoms with Crippen LogP contribution >= 0.6 is 0 Å². The first-order valence-corrected chi connectivity index (χ1v) is 9.81. The summed E-state index contributed by atoms with van der Waals surface area (Å²) in [6.45, 7) is 13.5. The smallest absolute Gasteiger partial charge is 0.255 e. The molecule has 0 radical (unpaired) electrons. The fourth-order valence-corrected chi connectivity index (χ4v) is 2.93. The van der Waals surface area contributed by atoms with Gasteiger partial charge in [0.2, 0.25) is 0 Å². The number of anilines is 3. The van der Waals surface area contributed by atoms with E-state index in [-0.39, 0.29) is 5.91 Å². The Hall–Kier alpha value is -2.56.